The Morgan fingerprint density at radius 1 is 1.00 bits per heavy atom. The van der Waals surface area contributed by atoms with E-state index in [1.807, 2.05) is 4.90 Å². The van der Waals surface area contributed by atoms with Crippen LogP contribution in [0.15, 0.2) is 0 Å². The molecule has 20 heavy (non-hydrogen) atoms. The average Bonchev–Trinajstić information content (AvgIpc) is 2.47. The van der Waals surface area contributed by atoms with Gasteiger partial charge in [-0.1, -0.05) is 32.6 Å². The van der Waals surface area contributed by atoms with Gasteiger partial charge in [-0.2, -0.15) is 0 Å². The first-order valence-corrected chi connectivity index (χ1v) is 7.88. The smallest absolute Gasteiger partial charge is 0.233 e. The fraction of sp³-hybridized carbons (Fsp3) is 0.867. The Morgan fingerprint density at radius 3 is 2.25 bits per heavy atom. The lowest BCUT2D eigenvalue weighted by Gasteiger charge is -2.34. The maximum absolute atomic E-state index is 12.0. The number of amides is 2. The minimum Gasteiger partial charge on any atom is -0.358 e. The van der Waals surface area contributed by atoms with Gasteiger partial charge in [-0.15, -0.1) is 0 Å². The highest BCUT2D eigenvalue weighted by molar-refractivity contribution is 5.78. The van der Waals surface area contributed by atoms with Crippen LogP contribution in [-0.4, -0.2) is 61.4 Å². The van der Waals surface area contributed by atoms with Crippen LogP contribution in [0.2, 0.25) is 0 Å². The summed E-state index contributed by atoms with van der Waals surface area (Å²) in [7, 11) is 1.65. The maximum atomic E-state index is 12.0. The van der Waals surface area contributed by atoms with Crippen LogP contribution in [0.25, 0.3) is 0 Å². The molecule has 1 aliphatic rings. The van der Waals surface area contributed by atoms with Gasteiger partial charge in [-0.25, -0.2) is 0 Å². The normalized spacial score (nSPS) is 16.2. The van der Waals surface area contributed by atoms with Gasteiger partial charge in [0.1, 0.15) is 0 Å². The minimum atomic E-state index is 0.0423. The summed E-state index contributed by atoms with van der Waals surface area (Å²) in [6, 6.07) is 0. The van der Waals surface area contributed by atoms with Crippen molar-refractivity contribution in [3.05, 3.63) is 0 Å². The third-order valence-electron chi connectivity index (χ3n) is 3.87. The van der Waals surface area contributed by atoms with Gasteiger partial charge in [0, 0.05) is 39.6 Å². The van der Waals surface area contributed by atoms with Crippen LogP contribution >= 0.6 is 0 Å². The van der Waals surface area contributed by atoms with Gasteiger partial charge < -0.3 is 10.2 Å². The lowest BCUT2D eigenvalue weighted by Crippen LogP contribution is -2.50. The number of hydrogen-bond acceptors (Lipinski definition) is 3. The van der Waals surface area contributed by atoms with E-state index in [4.69, 9.17) is 0 Å². The minimum absolute atomic E-state index is 0.0423. The van der Waals surface area contributed by atoms with Crippen LogP contribution in [0.3, 0.4) is 0 Å². The molecule has 5 heteroatoms. The molecule has 116 valence electrons. The Bertz CT molecular complexity index is 299. The molecule has 0 aliphatic carbocycles. The molecule has 2 amide bonds. The van der Waals surface area contributed by atoms with Crippen molar-refractivity contribution < 1.29 is 9.59 Å². The third-order valence-corrected chi connectivity index (χ3v) is 3.87. The quantitative estimate of drug-likeness (QED) is 0.682. The van der Waals surface area contributed by atoms with Crippen molar-refractivity contribution in [1.29, 1.82) is 0 Å². The first-order chi connectivity index (χ1) is 9.67. The fourth-order valence-corrected chi connectivity index (χ4v) is 2.48. The zero-order chi connectivity index (χ0) is 14.8. The Morgan fingerprint density at radius 2 is 1.65 bits per heavy atom. The molecule has 0 aromatic rings. The van der Waals surface area contributed by atoms with E-state index in [2.05, 4.69) is 17.1 Å². The van der Waals surface area contributed by atoms with Gasteiger partial charge in [0.2, 0.25) is 11.8 Å². The van der Waals surface area contributed by atoms with Crippen LogP contribution < -0.4 is 5.32 Å². The van der Waals surface area contributed by atoms with Crippen LogP contribution in [0, 0.1) is 0 Å². The van der Waals surface area contributed by atoms with Crippen LogP contribution in [0.4, 0.5) is 0 Å². The van der Waals surface area contributed by atoms with Gasteiger partial charge in [0.15, 0.2) is 0 Å². The molecular formula is C15H29N3O2. The molecular weight excluding hydrogens is 254 g/mol. The summed E-state index contributed by atoms with van der Waals surface area (Å²) in [5, 5.41) is 2.63. The molecule has 1 saturated heterocycles. The molecule has 0 aromatic heterocycles. The van der Waals surface area contributed by atoms with Gasteiger partial charge >= 0.3 is 0 Å². The van der Waals surface area contributed by atoms with Crippen molar-refractivity contribution in [3.63, 3.8) is 0 Å². The van der Waals surface area contributed by atoms with E-state index in [1.54, 1.807) is 7.05 Å². The molecule has 0 radical (unpaired) electrons. The number of carbonyl (C=O) groups excluding carboxylic acids is 2. The standard InChI is InChI=1S/C15H29N3O2/c1-3-4-5-6-7-8-15(20)18-11-9-17(10-12-18)13-14(19)16-2/h3-13H2,1-2H3,(H,16,19). The highest BCUT2D eigenvalue weighted by Gasteiger charge is 2.21. The van der Waals surface area contributed by atoms with E-state index in [1.165, 1.54) is 19.3 Å². The summed E-state index contributed by atoms with van der Waals surface area (Å²) < 4.78 is 0. The van der Waals surface area contributed by atoms with Crippen molar-refractivity contribution in [1.82, 2.24) is 15.1 Å². The Labute approximate surface area is 122 Å². The van der Waals surface area contributed by atoms with E-state index >= 15 is 0 Å². The lowest BCUT2D eigenvalue weighted by molar-refractivity contribution is -0.133. The summed E-state index contributed by atoms with van der Waals surface area (Å²) in [5.74, 6) is 0.321. The topological polar surface area (TPSA) is 52.7 Å². The molecule has 0 bridgehead atoms. The number of unbranched alkanes of at least 4 members (excludes halogenated alkanes) is 4. The number of likely N-dealkylation sites (N-methyl/N-ethyl adjacent to an activating group) is 1. The Kier molecular flexibility index (Phi) is 8.26. The summed E-state index contributed by atoms with van der Waals surface area (Å²) in [4.78, 5) is 27.4. The third kappa shape index (κ3) is 6.37. The van der Waals surface area contributed by atoms with Crippen molar-refractivity contribution in [2.75, 3.05) is 39.8 Å². The summed E-state index contributed by atoms with van der Waals surface area (Å²) in [6.07, 6.45) is 6.60. The molecule has 1 aliphatic heterocycles. The average molecular weight is 283 g/mol. The van der Waals surface area contributed by atoms with E-state index in [0.29, 0.717) is 13.0 Å². The predicted octanol–water partition coefficient (Wildman–Crippen LogP) is 1.24. The Balaban J connectivity index is 2.14. The predicted molar refractivity (Wildman–Crippen MR) is 80.5 cm³/mol. The van der Waals surface area contributed by atoms with Crippen LogP contribution in [0.1, 0.15) is 45.4 Å². The maximum Gasteiger partial charge on any atom is 0.233 e. The largest absolute Gasteiger partial charge is 0.358 e. The monoisotopic (exact) mass is 283 g/mol. The number of rotatable bonds is 8. The van der Waals surface area contributed by atoms with E-state index in [0.717, 1.165) is 39.0 Å². The van der Waals surface area contributed by atoms with Crippen molar-refractivity contribution in [2.45, 2.75) is 45.4 Å². The molecule has 0 unspecified atom stereocenters. The second kappa shape index (κ2) is 9.75. The number of carbonyl (C=O) groups is 2. The summed E-state index contributed by atoms with van der Waals surface area (Å²) >= 11 is 0. The number of nitrogens with zero attached hydrogens (tertiary/aromatic N) is 2. The molecule has 0 saturated carbocycles. The first-order valence-electron chi connectivity index (χ1n) is 7.88. The lowest BCUT2D eigenvalue weighted by atomic mass is 10.1. The summed E-state index contributed by atoms with van der Waals surface area (Å²) in [5.41, 5.74) is 0. The van der Waals surface area contributed by atoms with Crippen molar-refractivity contribution in [2.24, 2.45) is 0 Å². The van der Waals surface area contributed by atoms with E-state index < -0.39 is 0 Å². The molecule has 0 aromatic carbocycles. The molecule has 0 atom stereocenters. The molecule has 1 N–H and O–H groups in total. The summed E-state index contributed by atoms with van der Waals surface area (Å²) in [6.45, 7) is 5.75. The molecule has 5 nitrogen and oxygen atoms in total. The second-order valence-electron chi connectivity index (χ2n) is 5.49. The van der Waals surface area contributed by atoms with Crippen molar-refractivity contribution in [3.8, 4) is 0 Å². The zero-order valence-electron chi connectivity index (χ0n) is 13.0. The fourth-order valence-electron chi connectivity index (χ4n) is 2.48. The first kappa shape index (κ1) is 17.0. The number of nitrogens with one attached hydrogen (secondary N) is 1. The highest BCUT2D eigenvalue weighted by atomic mass is 16.2. The number of hydrogen-bond donors (Lipinski definition) is 1. The van der Waals surface area contributed by atoms with Crippen LogP contribution in [0.5, 0.6) is 0 Å². The highest BCUT2D eigenvalue weighted by Crippen LogP contribution is 2.09. The molecule has 1 heterocycles. The Hall–Kier alpha value is -1.10. The molecule has 0 spiro atoms. The zero-order valence-corrected chi connectivity index (χ0v) is 13.0. The number of piperazine rings is 1. The van der Waals surface area contributed by atoms with Gasteiger partial charge in [-0.05, 0) is 6.42 Å². The van der Waals surface area contributed by atoms with Crippen LogP contribution in [-0.2, 0) is 9.59 Å². The van der Waals surface area contributed by atoms with Crippen molar-refractivity contribution >= 4 is 11.8 Å². The second-order valence-corrected chi connectivity index (χ2v) is 5.49. The van der Waals surface area contributed by atoms with Gasteiger partial charge in [-0.3, -0.25) is 14.5 Å². The van der Waals surface area contributed by atoms with E-state index in [-0.39, 0.29) is 11.8 Å². The van der Waals surface area contributed by atoms with E-state index in [9.17, 15) is 9.59 Å². The molecule has 1 rings (SSSR count). The molecule has 1 fully saturated rings. The van der Waals surface area contributed by atoms with Gasteiger partial charge in [0.05, 0.1) is 6.54 Å². The van der Waals surface area contributed by atoms with Gasteiger partial charge in [0.25, 0.3) is 0 Å². The SMILES string of the molecule is CCCCCCCC(=O)N1CCN(CC(=O)NC)CC1.